The van der Waals surface area contributed by atoms with E-state index < -0.39 is 5.97 Å². The van der Waals surface area contributed by atoms with Crippen LogP contribution in [0.2, 0.25) is 5.02 Å². The molecule has 1 aromatic carbocycles. The number of halogens is 1. The maximum atomic E-state index is 10.7. The van der Waals surface area contributed by atoms with Crippen molar-refractivity contribution in [1.29, 1.82) is 0 Å². The summed E-state index contributed by atoms with van der Waals surface area (Å²) in [6.45, 7) is 2.71. The Kier molecular flexibility index (Phi) is 5.70. The molecular formula is C15H17ClN2O2S. The molecule has 0 amide bonds. The SMILES string of the molecule is CCCc1cc(SCC(=O)O)n(Cc2ccc(Cl)cc2)n1. The number of hydrogen-bond acceptors (Lipinski definition) is 3. The number of benzene rings is 1. The molecular weight excluding hydrogens is 308 g/mol. The van der Waals surface area contributed by atoms with Crippen LogP contribution in [0.1, 0.15) is 24.6 Å². The smallest absolute Gasteiger partial charge is 0.313 e. The van der Waals surface area contributed by atoms with E-state index in [1.54, 1.807) is 0 Å². The van der Waals surface area contributed by atoms with Crippen LogP contribution in [0.25, 0.3) is 0 Å². The number of carboxylic acid groups (broad SMARTS) is 1. The van der Waals surface area contributed by atoms with Crippen molar-refractivity contribution in [2.75, 3.05) is 5.75 Å². The summed E-state index contributed by atoms with van der Waals surface area (Å²) >= 11 is 7.18. The molecule has 4 nitrogen and oxygen atoms in total. The molecule has 0 saturated carbocycles. The zero-order valence-electron chi connectivity index (χ0n) is 11.8. The molecule has 0 aliphatic heterocycles. The number of carboxylic acids is 1. The molecule has 2 aromatic rings. The van der Waals surface area contributed by atoms with Gasteiger partial charge in [-0.05, 0) is 30.2 Å². The molecule has 21 heavy (non-hydrogen) atoms. The molecule has 2 rings (SSSR count). The topological polar surface area (TPSA) is 55.1 Å². The summed E-state index contributed by atoms with van der Waals surface area (Å²) in [4.78, 5) is 10.7. The molecule has 0 fully saturated rings. The molecule has 0 aliphatic carbocycles. The molecule has 0 spiro atoms. The van der Waals surface area contributed by atoms with E-state index in [4.69, 9.17) is 16.7 Å². The first kappa shape index (κ1) is 15.9. The zero-order valence-corrected chi connectivity index (χ0v) is 13.3. The van der Waals surface area contributed by atoms with Crippen LogP contribution in [-0.4, -0.2) is 26.6 Å². The van der Waals surface area contributed by atoms with Gasteiger partial charge in [0.05, 0.1) is 23.0 Å². The van der Waals surface area contributed by atoms with Gasteiger partial charge in [-0.25, -0.2) is 0 Å². The maximum Gasteiger partial charge on any atom is 0.313 e. The minimum Gasteiger partial charge on any atom is -0.481 e. The van der Waals surface area contributed by atoms with Crippen molar-refractivity contribution in [1.82, 2.24) is 9.78 Å². The van der Waals surface area contributed by atoms with E-state index in [0.29, 0.717) is 11.6 Å². The lowest BCUT2D eigenvalue weighted by Crippen LogP contribution is -2.05. The minimum absolute atomic E-state index is 0.0396. The first-order valence-corrected chi connectivity index (χ1v) is 8.10. The quantitative estimate of drug-likeness (QED) is 0.789. The molecule has 0 aliphatic rings. The summed E-state index contributed by atoms with van der Waals surface area (Å²) in [5, 5.41) is 15.0. The van der Waals surface area contributed by atoms with Gasteiger partial charge in [-0.3, -0.25) is 9.48 Å². The van der Waals surface area contributed by atoms with Crippen LogP contribution in [0.3, 0.4) is 0 Å². The lowest BCUT2D eigenvalue weighted by molar-refractivity contribution is -0.133. The normalized spacial score (nSPS) is 10.8. The van der Waals surface area contributed by atoms with Crippen LogP contribution in [0.5, 0.6) is 0 Å². The third-order valence-corrected chi connectivity index (χ3v) is 4.16. The van der Waals surface area contributed by atoms with E-state index in [-0.39, 0.29) is 5.75 Å². The summed E-state index contributed by atoms with van der Waals surface area (Å²) in [6.07, 6.45) is 1.91. The van der Waals surface area contributed by atoms with Crippen molar-refractivity contribution in [3.63, 3.8) is 0 Å². The van der Waals surface area contributed by atoms with E-state index in [1.165, 1.54) is 11.8 Å². The van der Waals surface area contributed by atoms with Gasteiger partial charge in [-0.1, -0.05) is 48.8 Å². The number of aryl methyl sites for hydroxylation is 1. The lowest BCUT2D eigenvalue weighted by Gasteiger charge is -2.06. The van der Waals surface area contributed by atoms with Gasteiger partial charge in [-0.2, -0.15) is 5.10 Å². The predicted molar refractivity (Wildman–Crippen MR) is 85.1 cm³/mol. The second kappa shape index (κ2) is 7.52. The fourth-order valence-electron chi connectivity index (χ4n) is 1.96. The summed E-state index contributed by atoms with van der Waals surface area (Å²) in [5.41, 5.74) is 2.09. The minimum atomic E-state index is -0.823. The van der Waals surface area contributed by atoms with Crippen molar-refractivity contribution >= 4 is 29.3 Å². The van der Waals surface area contributed by atoms with Crippen molar-refractivity contribution in [3.05, 3.63) is 46.6 Å². The van der Waals surface area contributed by atoms with Gasteiger partial charge in [0, 0.05) is 5.02 Å². The number of rotatable bonds is 7. The van der Waals surface area contributed by atoms with Gasteiger partial charge >= 0.3 is 5.97 Å². The summed E-state index contributed by atoms with van der Waals surface area (Å²) in [7, 11) is 0. The molecule has 0 atom stereocenters. The average Bonchev–Trinajstić information content (AvgIpc) is 2.81. The molecule has 1 aromatic heterocycles. The molecule has 0 saturated heterocycles. The Hall–Kier alpha value is -1.46. The predicted octanol–water partition coefficient (Wildman–Crippen LogP) is 3.71. The standard InChI is InChI=1S/C15H17ClN2O2S/c1-2-3-13-8-14(21-10-15(19)20)18(17-13)9-11-4-6-12(16)7-5-11/h4-8H,2-3,9-10H2,1H3,(H,19,20). The molecule has 0 bridgehead atoms. The summed E-state index contributed by atoms with van der Waals surface area (Å²) in [6, 6.07) is 9.58. The molecule has 0 unspecified atom stereocenters. The van der Waals surface area contributed by atoms with Crippen molar-refractivity contribution in [2.45, 2.75) is 31.3 Å². The Morgan fingerprint density at radius 2 is 2.10 bits per heavy atom. The third-order valence-electron chi connectivity index (χ3n) is 2.89. The Balaban J connectivity index is 2.18. The number of hydrogen-bond donors (Lipinski definition) is 1. The largest absolute Gasteiger partial charge is 0.481 e. The van der Waals surface area contributed by atoms with Gasteiger partial charge < -0.3 is 5.11 Å². The number of aliphatic carboxylic acids is 1. The highest BCUT2D eigenvalue weighted by Gasteiger charge is 2.10. The fraction of sp³-hybridized carbons (Fsp3) is 0.333. The average molecular weight is 325 g/mol. The van der Waals surface area contributed by atoms with Crippen LogP contribution in [0, 0.1) is 0 Å². The van der Waals surface area contributed by atoms with Crippen LogP contribution in [-0.2, 0) is 17.8 Å². The zero-order chi connectivity index (χ0) is 15.2. The molecule has 1 N–H and O–H groups in total. The van der Waals surface area contributed by atoms with Crippen molar-refractivity contribution in [2.24, 2.45) is 0 Å². The Morgan fingerprint density at radius 3 is 2.71 bits per heavy atom. The third kappa shape index (κ3) is 4.79. The monoisotopic (exact) mass is 324 g/mol. The molecule has 6 heteroatoms. The maximum absolute atomic E-state index is 10.7. The number of aromatic nitrogens is 2. The lowest BCUT2D eigenvalue weighted by atomic mass is 10.2. The highest BCUT2D eigenvalue weighted by molar-refractivity contribution is 7.99. The summed E-state index contributed by atoms with van der Waals surface area (Å²) < 4.78 is 1.86. The highest BCUT2D eigenvalue weighted by Crippen LogP contribution is 2.21. The van der Waals surface area contributed by atoms with E-state index in [0.717, 1.165) is 29.1 Å². The van der Waals surface area contributed by atoms with Crippen molar-refractivity contribution in [3.8, 4) is 0 Å². The highest BCUT2D eigenvalue weighted by atomic mass is 35.5. The van der Waals surface area contributed by atoms with E-state index >= 15 is 0 Å². The number of nitrogens with zero attached hydrogens (tertiary/aromatic N) is 2. The number of thioether (sulfide) groups is 1. The van der Waals surface area contributed by atoms with Gasteiger partial charge in [0.2, 0.25) is 0 Å². The van der Waals surface area contributed by atoms with Gasteiger partial charge in [-0.15, -0.1) is 0 Å². The van der Waals surface area contributed by atoms with Crippen LogP contribution in [0.4, 0.5) is 0 Å². The van der Waals surface area contributed by atoms with E-state index in [1.807, 2.05) is 35.0 Å². The second-order valence-electron chi connectivity index (χ2n) is 4.69. The van der Waals surface area contributed by atoms with E-state index in [9.17, 15) is 4.79 Å². The Labute approximate surface area is 133 Å². The van der Waals surface area contributed by atoms with E-state index in [2.05, 4.69) is 12.0 Å². The van der Waals surface area contributed by atoms with Gasteiger partial charge in [0.25, 0.3) is 0 Å². The fourth-order valence-corrected chi connectivity index (χ4v) is 2.83. The van der Waals surface area contributed by atoms with Gasteiger partial charge in [0.15, 0.2) is 0 Å². The first-order chi connectivity index (χ1) is 10.1. The number of carbonyl (C=O) groups is 1. The Morgan fingerprint density at radius 1 is 1.38 bits per heavy atom. The van der Waals surface area contributed by atoms with Crippen LogP contribution < -0.4 is 0 Å². The van der Waals surface area contributed by atoms with Crippen LogP contribution in [0.15, 0.2) is 35.4 Å². The second-order valence-corrected chi connectivity index (χ2v) is 6.12. The molecule has 112 valence electrons. The first-order valence-electron chi connectivity index (χ1n) is 6.74. The molecule has 0 radical (unpaired) electrons. The van der Waals surface area contributed by atoms with Gasteiger partial charge in [0.1, 0.15) is 0 Å². The summed E-state index contributed by atoms with van der Waals surface area (Å²) in [5.74, 6) is -0.783. The van der Waals surface area contributed by atoms with Crippen molar-refractivity contribution < 1.29 is 9.90 Å². The Bertz CT molecular complexity index is 611. The molecule has 1 heterocycles. The van der Waals surface area contributed by atoms with Crippen LogP contribution >= 0.6 is 23.4 Å².